The molecule has 2 aromatic heterocycles. The molecule has 120 valence electrons. The van der Waals surface area contributed by atoms with Gasteiger partial charge in [0.2, 0.25) is 11.7 Å². The van der Waals surface area contributed by atoms with Crippen LogP contribution in [0.15, 0.2) is 52.4 Å². The largest absolute Gasteiger partial charge is 0.337 e. The molecule has 1 saturated heterocycles. The molecule has 3 amide bonds. The average molecular weight is 340 g/mol. The third-order valence-corrected chi connectivity index (χ3v) is 4.49. The summed E-state index contributed by atoms with van der Waals surface area (Å²) < 4.78 is 5.17. The van der Waals surface area contributed by atoms with E-state index in [9.17, 15) is 9.59 Å². The maximum Gasteiger partial charge on any atom is 0.332 e. The molecule has 0 aliphatic carbocycles. The zero-order valence-corrected chi connectivity index (χ0v) is 13.3. The first-order valence-corrected chi connectivity index (χ1v) is 8.14. The zero-order chi connectivity index (χ0) is 16.5. The van der Waals surface area contributed by atoms with E-state index in [-0.39, 0.29) is 30.9 Å². The number of benzene rings is 1. The van der Waals surface area contributed by atoms with Crippen LogP contribution in [0, 0.1) is 0 Å². The van der Waals surface area contributed by atoms with Crippen molar-refractivity contribution in [2.45, 2.75) is 6.54 Å². The summed E-state index contributed by atoms with van der Waals surface area (Å²) >= 11 is 1.49. The highest BCUT2D eigenvalue weighted by Crippen LogP contribution is 2.24. The molecule has 0 saturated carbocycles. The first kappa shape index (κ1) is 14.6. The number of carbonyl (C=O) groups excluding carboxylic acids is 2. The van der Waals surface area contributed by atoms with Crippen molar-refractivity contribution >= 4 is 29.0 Å². The van der Waals surface area contributed by atoms with Gasteiger partial charge in [-0.1, -0.05) is 29.4 Å². The van der Waals surface area contributed by atoms with E-state index in [4.69, 9.17) is 4.52 Å². The highest BCUT2D eigenvalue weighted by atomic mass is 32.1. The highest BCUT2D eigenvalue weighted by molar-refractivity contribution is 7.13. The van der Waals surface area contributed by atoms with Gasteiger partial charge in [-0.25, -0.2) is 4.79 Å². The van der Waals surface area contributed by atoms with Crippen LogP contribution in [0.1, 0.15) is 5.89 Å². The molecule has 0 N–H and O–H groups in total. The number of aromatic nitrogens is 2. The Hall–Kier alpha value is -3.00. The van der Waals surface area contributed by atoms with Crippen molar-refractivity contribution in [3.63, 3.8) is 0 Å². The van der Waals surface area contributed by atoms with Crippen LogP contribution in [0.5, 0.6) is 0 Å². The minimum Gasteiger partial charge on any atom is -0.337 e. The molecule has 0 spiro atoms. The number of carbonyl (C=O) groups is 2. The molecule has 8 heteroatoms. The summed E-state index contributed by atoms with van der Waals surface area (Å²) in [7, 11) is 0. The number of para-hydroxylation sites is 1. The summed E-state index contributed by atoms with van der Waals surface area (Å²) in [6.45, 7) is -0.0197. The molecule has 3 aromatic rings. The van der Waals surface area contributed by atoms with Crippen LogP contribution in [0.2, 0.25) is 0 Å². The Labute approximate surface area is 141 Å². The normalized spacial score (nSPS) is 14.7. The molecular formula is C16H12N4O3S. The highest BCUT2D eigenvalue weighted by Gasteiger charge is 2.37. The maximum absolute atomic E-state index is 12.5. The summed E-state index contributed by atoms with van der Waals surface area (Å²) in [6.07, 6.45) is 0. The number of anilines is 1. The smallest absolute Gasteiger partial charge is 0.332 e. The number of hydrogen-bond acceptors (Lipinski definition) is 6. The Bertz CT molecular complexity index is 876. The first-order valence-electron chi connectivity index (χ1n) is 7.26. The molecule has 24 heavy (non-hydrogen) atoms. The lowest BCUT2D eigenvalue weighted by Crippen LogP contribution is -2.32. The third kappa shape index (κ3) is 2.56. The third-order valence-electron chi connectivity index (χ3n) is 3.63. The Morgan fingerprint density at radius 2 is 1.96 bits per heavy atom. The van der Waals surface area contributed by atoms with Gasteiger partial charge in [0.05, 0.1) is 4.88 Å². The molecule has 1 aliphatic heterocycles. The average Bonchev–Trinajstić information content (AvgIpc) is 3.32. The molecule has 0 atom stereocenters. The first-order chi connectivity index (χ1) is 11.7. The van der Waals surface area contributed by atoms with Gasteiger partial charge in [0.1, 0.15) is 13.1 Å². The monoisotopic (exact) mass is 340 g/mol. The Kier molecular flexibility index (Phi) is 3.58. The topological polar surface area (TPSA) is 79.5 Å². The quantitative estimate of drug-likeness (QED) is 0.682. The van der Waals surface area contributed by atoms with E-state index in [1.807, 2.05) is 35.7 Å². The van der Waals surface area contributed by atoms with Gasteiger partial charge in [-0.05, 0) is 23.6 Å². The lowest BCUT2D eigenvalue weighted by Gasteiger charge is -2.15. The number of nitrogens with zero attached hydrogens (tertiary/aromatic N) is 4. The molecule has 1 fully saturated rings. The van der Waals surface area contributed by atoms with E-state index in [0.717, 1.165) is 9.78 Å². The summed E-state index contributed by atoms with van der Waals surface area (Å²) in [5.74, 6) is 0.397. The lowest BCUT2D eigenvalue weighted by molar-refractivity contribution is -0.125. The van der Waals surface area contributed by atoms with Gasteiger partial charge in [0, 0.05) is 5.69 Å². The number of hydrogen-bond donors (Lipinski definition) is 0. The van der Waals surface area contributed by atoms with Gasteiger partial charge in [0.15, 0.2) is 0 Å². The SMILES string of the molecule is O=C1CN(c2ccccc2)C(=O)N1Cc1nc(-c2cccs2)no1. The fourth-order valence-corrected chi connectivity index (χ4v) is 3.12. The summed E-state index contributed by atoms with van der Waals surface area (Å²) in [4.78, 5) is 32.4. The molecule has 1 aliphatic rings. The van der Waals surface area contributed by atoms with Crippen LogP contribution in [0.4, 0.5) is 10.5 Å². The van der Waals surface area contributed by atoms with Gasteiger partial charge in [-0.2, -0.15) is 4.98 Å². The van der Waals surface area contributed by atoms with Crippen molar-refractivity contribution in [2.75, 3.05) is 11.4 Å². The fourth-order valence-electron chi connectivity index (χ4n) is 2.47. The zero-order valence-electron chi connectivity index (χ0n) is 12.5. The minimum atomic E-state index is -0.387. The van der Waals surface area contributed by atoms with Crippen molar-refractivity contribution in [1.82, 2.24) is 15.0 Å². The molecule has 3 heterocycles. The van der Waals surface area contributed by atoms with Crippen molar-refractivity contribution in [1.29, 1.82) is 0 Å². The van der Waals surface area contributed by atoms with E-state index in [1.54, 1.807) is 12.1 Å². The molecule has 0 radical (unpaired) electrons. The van der Waals surface area contributed by atoms with E-state index in [0.29, 0.717) is 11.5 Å². The summed E-state index contributed by atoms with van der Waals surface area (Å²) in [5, 5.41) is 5.80. The van der Waals surface area contributed by atoms with Crippen LogP contribution in [-0.4, -0.2) is 33.5 Å². The van der Waals surface area contributed by atoms with E-state index >= 15 is 0 Å². The second-order valence-corrected chi connectivity index (χ2v) is 6.12. The lowest BCUT2D eigenvalue weighted by atomic mass is 10.3. The van der Waals surface area contributed by atoms with Gasteiger partial charge in [0.25, 0.3) is 5.91 Å². The van der Waals surface area contributed by atoms with Crippen molar-refractivity contribution in [3.05, 3.63) is 53.7 Å². The Balaban J connectivity index is 1.53. The predicted molar refractivity (Wildman–Crippen MR) is 87.3 cm³/mol. The van der Waals surface area contributed by atoms with E-state index < -0.39 is 0 Å². The maximum atomic E-state index is 12.5. The van der Waals surface area contributed by atoms with Crippen LogP contribution < -0.4 is 4.90 Å². The number of imide groups is 1. The number of rotatable bonds is 4. The molecule has 4 rings (SSSR count). The molecular weight excluding hydrogens is 328 g/mol. The van der Waals surface area contributed by atoms with Gasteiger partial charge in [-0.3, -0.25) is 14.6 Å². The molecule has 0 unspecified atom stereocenters. The number of urea groups is 1. The van der Waals surface area contributed by atoms with Gasteiger partial charge in [-0.15, -0.1) is 11.3 Å². The van der Waals surface area contributed by atoms with Crippen molar-refractivity contribution in [3.8, 4) is 10.7 Å². The second kappa shape index (κ2) is 5.89. The number of amides is 3. The summed E-state index contributed by atoms with van der Waals surface area (Å²) in [5.41, 5.74) is 0.683. The standard InChI is InChI=1S/C16H12N4O3S/c21-14-10-19(11-5-2-1-3-6-11)16(22)20(14)9-13-17-15(18-23-13)12-7-4-8-24-12/h1-8H,9-10H2. The molecule has 0 bridgehead atoms. The van der Waals surface area contributed by atoms with E-state index in [2.05, 4.69) is 10.1 Å². The summed E-state index contributed by atoms with van der Waals surface area (Å²) in [6, 6.07) is 12.5. The van der Waals surface area contributed by atoms with Crippen LogP contribution in [0.3, 0.4) is 0 Å². The Morgan fingerprint density at radius 3 is 2.71 bits per heavy atom. The Morgan fingerprint density at radius 1 is 1.12 bits per heavy atom. The fraction of sp³-hybridized carbons (Fsp3) is 0.125. The van der Waals surface area contributed by atoms with Crippen LogP contribution >= 0.6 is 11.3 Å². The van der Waals surface area contributed by atoms with E-state index in [1.165, 1.54) is 16.2 Å². The number of thiophene rings is 1. The minimum absolute atomic E-state index is 0.00870. The van der Waals surface area contributed by atoms with Crippen LogP contribution in [-0.2, 0) is 11.3 Å². The van der Waals surface area contributed by atoms with Crippen molar-refractivity contribution < 1.29 is 14.1 Å². The predicted octanol–water partition coefficient (Wildman–Crippen LogP) is 2.77. The van der Waals surface area contributed by atoms with Crippen LogP contribution in [0.25, 0.3) is 10.7 Å². The van der Waals surface area contributed by atoms with Gasteiger partial charge >= 0.3 is 6.03 Å². The van der Waals surface area contributed by atoms with Gasteiger partial charge < -0.3 is 4.52 Å². The second-order valence-electron chi connectivity index (χ2n) is 5.17. The molecule has 7 nitrogen and oxygen atoms in total. The van der Waals surface area contributed by atoms with Crippen molar-refractivity contribution in [2.24, 2.45) is 0 Å². The molecule has 1 aromatic carbocycles.